The number of nitrogens with two attached hydrogens (primary N) is 1. The minimum absolute atomic E-state index is 0.0679. The molecular weight excluding hydrogens is 430 g/mol. The standard InChI is InChI=1S/C22H25N5O4S/c1-14-3-4-16(11-24-14)18-12-27(17-7-9-32(29,30)10-8-17)15(2)19(18)13-31-21-6-5-20(22(23)28)25-26-21/h3-6,11-12,17H,7-10,13H2,1-2H3,(H2,23,28). The van der Waals surface area contributed by atoms with E-state index in [2.05, 4.69) is 25.9 Å². The molecule has 0 aromatic carbocycles. The molecule has 0 atom stereocenters. The van der Waals surface area contributed by atoms with E-state index < -0.39 is 15.7 Å². The average molecular weight is 456 g/mol. The van der Waals surface area contributed by atoms with Gasteiger partial charge >= 0.3 is 0 Å². The number of amides is 1. The molecule has 1 saturated heterocycles. The SMILES string of the molecule is Cc1ccc(-c2cn(C3CCS(=O)(=O)CC3)c(C)c2COc2ccc(C(N)=O)nn2)cn1. The number of hydrogen-bond donors (Lipinski definition) is 1. The van der Waals surface area contributed by atoms with E-state index in [1.807, 2.05) is 32.2 Å². The van der Waals surface area contributed by atoms with Gasteiger partial charge in [0.05, 0.1) is 11.5 Å². The second kappa shape index (κ2) is 8.70. The molecule has 9 nitrogen and oxygen atoms in total. The number of aryl methyl sites for hydroxylation is 1. The van der Waals surface area contributed by atoms with E-state index in [4.69, 9.17) is 10.5 Å². The summed E-state index contributed by atoms with van der Waals surface area (Å²) in [6.45, 7) is 4.17. The maximum Gasteiger partial charge on any atom is 0.269 e. The fraction of sp³-hybridized carbons (Fsp3) is 0.364. The van der Waals surface area contributed by atoms with Crippen LogP contribution in [0.15, 0.2) is 36.7 Å². The third kappa shape index (κ3) is 4.64. The van der Waals surface area contributed by atoms with E-state index in [-0.39, 0.29) is 35.7 Å². The van der Waals surface area contributed by atoms with Crippen LogP contribution in [0.1, 0.15) is 46.3 Å². The van der Waals surface area contributed by atoms with Crippen LogP contribution < -0.4 is 10.5 Å². The molecule has 1 amide bonds. The molecule has 2 N–H and O–H groups in total. The fourth-order valence-electron chi connectivity index (χ4n) is 3.93. The molecule has 4 rings (SSSR count). The highest BCUT2D eigenvalue weighted by Gasteiger charge is 2.27. The number of rotatable bonds is 6. The summed E-state index contributed by atoms with van der Waals surface area (Å²) in [7, 11) is -2.95. The molecule has 10 heteroatoms. The van der Waals surface area contributed by atoms with Crippen molar-refractivity contribution < 1.29 is 17.9 Å². The zero-order valence-electron chi connectivity index (χ0n) is 18.0. The van der Waals surface area contributed by atoms with Crippen molar-refractivity contribution in [3.63, 3.8) is 0 Å². The Morgan fingerprint density at radius 1 is 1.16 bits per heavy atom. The van der Waals surface area contributed by atoms with Crippen molar-refractivity contribution in [1.29, 1.82) is 0 Å². The molecule has 0 saturated carbocycles. The minimum atomic E-state index is -2.95. The van der Waals surface area contributed by atoms with Gasteiger partial charge in [0.15, 0.2) is 5.69 Å². The Kier molecular flexibility index (Phi) is 5.96. The van der Waals surface area contributed by atoms with Crippen molar-refractivity contribution in [2.45, 2.75) is 39.3 Å². The van der Waals surface area contributed by atoms with Crippen LogP contribution >= 0.6 is 0 Å². The van der Waals surface area contributed by atoms with Crippen molar-refractivity contribution in [2.75, 3.05) is 11.5 Å². The number of ether oxygens (including phenoxy) is 1. The molecule has 0 radical (unpaired) electrons. The van der Waals surface area contributed by atoms with Crippen molar-refractivity contribution in [3.8, 4) is 17.0 Å². The Balaban J connectivity index is 1.65. The van der Waals surface area contributed by atoms with Gasteiger partial charge in [0.25, 0.3) is 5.91 Å². The lowest BCUT2D eigenvalue weighted by Gasteiger charge is -2.25. The first kappa shape index (κ1) is 21.9. The third-order valence-electron chi connectivity index (χ3n) is 5.81. The van der Waals surface area contributed by atoms with Crippen LogP contribution in [0.5, 0.6) is 5.88 Å². The first-order valence-electron chi connectivity index (χ1n) is 10.3. The summed E-state index contributed by atoms with van der Waals surface area (Å²) in [5.74, 6) is 0.0221. The van der Waals surface area contributed by atoms with E-state index in [1.165, 1.54) is 6.07 Å². The van der Waals surface area contributed by atoms with Gasteiger partial charge in [-0.2, -0.15) is 0 Å². The minimum Gasteiger partial charge on any atom is -0.472 e. The Bertz CT molecular complexity index is 1220. The number of carbonyl (C=O) groups excluding carboxylic acids is 1. The number of sulfone groups is 1. The molecule has 0 aliphatic carbocycles. The number of primary amides is 1. The Morgan fingerprint density at radius 3 is 2.50 bits per heavy atom. The quantitative estimate of drug-likeness (QED) is 0.604. The number of hydrogen-bond acceptors (Lipinski definition) is 7. The van der Waals surface area contributed by atoms with Crippen LogP contribution in [0.25, 0.3) is 11.1 Å². The van der Waals surface area contributed by atoms with Crippen LogP contribution in [0.3, 0.4) is 0 Å². The van der Waals surface area contributed by atoms with Gasteiger partial charge < -0.3 is 15.0 Å². The maximum absolute atomic E-state index is 11.9. The predicted molar refractivity (Wildman–Crippen MR) is 119 cm³/mol. The normalized spacial score (nSPS) is 16.1. The lowest BCUT2D eigenvalue weighted by Crippen LogP contribution is -2.25. The lowest BCUT2D eigenvalue weighted by atomic mass is 10.1. The molecule has 1 fully saturated rings. The molecule has 32 heavy (non-hydrogen) atoms. The van der Waals surface area contributed by atoms with Crippen LogP contribution in [0.2, 0.25) is 0 Å². The highest BCUT2D eigenvalue weighted by molar-refractivity contribution is 7.91. The Hall–Kier alpha value is -3.27. The van der Waals surface area contributed by atoms with Gasteiger partial charge in [0, 0.05) is 52.6 Å². The number of nitrogens with zero attached hydrogens (tertiary/aromatic N) is 4. The summed E-state index contributed by atoms with van der Waals surface area (Å²) < 4.78 is 31.8. The molecule has 0 unspecified atom stereocenters. The van der Waals surface area contributed by atoms with Gasteiger partial charge in [-0.3, -0.25) is 9.78 Å². The van der Waals surface area contributed by atoms with Gasteiger partial charge in [-0.25, -0.2) is 8.42 Å². The maximum atomic E-state index is 11.9. The molecular formula is C22H25N5O4S. The van der Waals surface area contributed by atoms with E-state index >= 15 is 0 Å². The first-order valence-corrected chi connectivity index (χ1v) is 12.2. The van der Waals surface area contributed by atoms with Gasteiger partial charge in [0.2, 0.25) is 5.88 Å². The van der Waals surface area contributed by atoms with Crippen LogP contribution in [-0.4, -0.2) is 45.6 Å². The van der Waals surface area contributed by atoms with E-state index in [0.29, 0.717) is 12.8 Å². The summed E-state index contributed by atoms with van der Waals surface area (Å²) in [6, 6.07) is 7.10. The van der Waals surface area contributed by atoms with Crippen molar-refractivity contribution in [1.82, 2.24) is 19.7 Å². The van der Waals surface area contributed by atoms with Crippen LogP contribution in [0.4, 0.5) is 0 Å². The van der Waals surface area contributed by atoms with E-state index in [1.54, 1.807) is 6.07 Å². The summed E-state index contributed by atoms with van der Waals surface area (Å²) in [6.07, 6.45) is 5.06. The fourth-order valence-corrected chi connectivity index (χ4v) is 5.40. The third-order valence-corrected chi connectivity index (χ3v) is 7.53. The molecule has 3 aromatic rings. The van der Waals surface area contributed by atoms with E-state index in [9.17, 15) is 13.2 Å². The van der Waals surface area contributed by atoms with Gasteiger partial charge in [-0.15, -0.1) is 10.2 Å². The smallest absolute Gasteiger partial charge is 0.269 e. The number of aromatic nitrogens is 4. The average Bonchev–Trinajstić information content (AvgIpc) is 3.09. The number of pyridine rings is 1. The van der Waals surface area contributed by atoms with Crippen molar-refractivity contribution in [3.05, 3.63) is 59.3 Å². The molecule has 1 aliphatic heterocycles. The summed E-state index contributed by atoms with van der Waals surface area (Å²) in [5, 5.41) is 7.69. The van der Waals surface area contributed by atoms with E-state index in [0.717, 1.165) is 28.1 Å². The zero-order chi connectivity index (χ0) is 22.9. The highest BCUT2D eigenvalue weighted by atomic mass is 32.2. The topological polar surface area (TPSA) is 130 Å². The summed E-state index contributed by atoms with van der Waals surface area (Å²) in [4.78, 5) is 15.6. The Morgan fingerprint density at radius 2 is 1.91 bits per heavy atom. The molecule has 0 spiro atoms. The summed E-state index contributed by atoms with van der Waals surface area (Å²) >= 11 is 0. The van der Waals surface area contributed by atoms with Crippen molar-refractivity contribution >= 4 is 15.7 Å². The largest absolute Gasteiger partial charge is 0.472 e. The zero-order valence-corrected chi connectivity index (χ0v) is 18.8. The number of carbonyl (C=O) groups is 1. The first-order chi connectivity index (χ1) is 15.2. The van der Waals surface area contributed by atoms with Crippen LogP contribution in [0, 0.1) is 13.8 Å². The highest BCUT2D eigenvalue weighted by Crippen LogP contribution is 2.34. The second-order valence-electron chi connectivity index (χ2n) is 7.99. The van der Waals surface area contributed by atoms with Gasteiger partial charge in [0.1, 0.15) is 16.4 Å². The van der Waals surface area contributed by atoms with Crippen LogP contribution in [-0.2, 0) is 16.4 Å². The van der Waals surface area contributed by atoms with Gasteiger partial charge in [-0.1, -0.05) is 6.07 Å². The molecule has 168 valence electrons. The monoisotopic (exact) mass is 455 g/mol. The molecule has 3 aromatic heterocycles. The summed E-state index contributed by atoms with van der Waals surface area (Å²) in [5.41, 5.74) is 10.1. The van der Waals surface area contributed by atoms with Gasteiger partial charge in [-0.05, 0) is 38.8 Å². The Labute approximate surface area is 186 Å². The van der Waals surface area contributed by atoms with Crippen molar-refractivity contribution in [2.24, 2.45) is 5.73 Å². The lowest BCUT2D eigenvalue weighted by molar-refractivity contribution is 0.0994. The second-order valence-corrected chi connectivity index (χ2v) is 10.3. The molecule has 1 aliphatic rings. The predicted octanol–water partition coefficient (Wildman–Crippen LogP) is 2.38. The molecule has 0 bridgehead atoms. The molecule has 4 heterocycles.